The smallest absolute Gasteiger partial charge is 0.119 e. The van der Waals surface area contributed by atoms with E-state index in [-0.39, 0.29) is 0 Å². The Hall–Kier alpha value is -1.32. The van der Waals surface area contributed by atoms with Crippen LogP contribution in [-0.2, 0) is 12.8 Å². The maximum Gasteiger partial charge on any atom is 0.119 e. The molecule has 2 nitrogen and oxygen atoms in total. The molecule has 0 bridgehead atoms. The molecule has 0 amide bonds. The van der Waals surface area contributed by atoms with E-state index < -0.39 is 0 Å². The van der Waals surface area contributed by atoms with E-state index in [2.05, 4.69) is 41.0 Å². The van der Waals surface area contributed by atoms with Crippen molar-refractivity contribution in [3.05, 3.63) is 51.7 Å². The minimum absolute atomic E-state index is 0.480. The van der Waals surface area contributed by atoms with E-state index in [1.54, 1.807) is 7.11 Å². The van der Waals surface area contributed by atoms with E-state index in [1.165, 1.54) is 35.3 Å². The fourth-order valence-electron chi connectivity index (χ4n) is 2.94. The summed E-state index contributed by atoms with van der Waals surface area (Å²) >= 11 is 1.84. The van der Waals surface area contributed by atoms with Crippen molar-refractivity contribution in [1.82, 2.24) is 5.32 Å². The second kappa shape index (κ2) is 6.42. The molecular formula is C17H21NOS. The lowest BCUT2D eigenvalue weighted by molar-refractivity contribution is 0.409. The highest BCUT2D eigenvalue weighted by atomic mass is 32.1. The lowest BCUT2D eigenvalue weighted by atomic mass is 9.87. The van der Waals surface area contributed by atoms with E-state index in [9.17, 15) is 0 Å². The molecular weight excluding hydrogens is 266 g/mol. The topological polar surface area (TPSA) is 21.3 Å². The Morgan fingerprint density at radius 2 is 2.30 bits per heavy atom. The third-order valence-electron chi connectivity index (χ3n) is 4.01. The maximum atomic E-state index is 5.37. The van der Waals surface area contributed by atoms with Crippen LogP contribution in [-0.4, -0.2) is 13.7 Å². The number of fused-ring (bicyclic) bond motifs is 1. The highest BCUT2D eigenvalue weighted by Gasteiger charge is 2.20. The zero-order valence-electron chi connectivity index (χ0n) is 11.9. The number of ether oxygens (including phenoxy) is 1. The first-order chi connectivity index (χ1) is 9.86. The molecule has 0 aliphatic heterocycles. The number of hydrogen-bond donors (Lipinski definition) is 1. The van der Waals surface area contributed by atoms with E-state index in [0.29, 0.717) is 6.04 Å². The van der Waals surface area contributed by atoms with Gasteiger partial charge >= 0.3 is 0 Å². The molecule has 1 atom stereocenters. The lowest BCUT2D eigenvalue weighted by Gasteiger charge is -2.27. The molecule has 0 radical (unpaired) electrons. The third-order valence-corrected chi connectivity index (χ3v) is 4.95. The van der Waals surface area contributed by atoms with Crippen molar-refractivity contribution in [2.75, 3.05) is 13.7 Å². The standard InChI is InChI=1S/C17H21NOS/c1-19-14-8-7-13-4-2-6-17(16(13)12-14)18-10-9-15-5-3-11-20-15/h3,5,7-8,11-12,17-18H,2,4,6,9-10H2,1H3. The molecule has 1 aliphatic carbocycles. The first-order valence-electron chi connectivity index (χ1n) is 7.29. The first kappa shape index (κ1) is 13.7. The number of methoxy groups -OCH3 is 1. The van der Waals surface area contributed by atoms with Crippen LogP contribution in [0.25, 0.3) is 0 Å². The molecule has 1 aromatic carbocycles. The van der Waals surface area contributed by atoms with Gasteiger partial charge in [0.05, 0.1) is 7.11 Å². The molecule has 1 aliphatic rings. The van der Waals surface area contributed by atoms with Crippen molar-refractivity contribution >= 4 is 11.3 Å². The molecule has 20 heavy (non-hydrogen) atoms. The zero-order valence-corrected chi connectivity index (χ0v) is 12.7. The van der Waals surface area contributed by atoms with Gasteiger partial charge in [0.25, 0.3) is 0 Å². The Morgan fingerprint density at radius 3 is 3.10 bits per heavy atom. The largest absolute Gasteiger partial charge is 0.497 e. The summed E-state index contributed by atoms with van der Waals surface area (Å²) in [6.45, 7) is 1.04. The summed E-state index contributed by atoms with van der Waals surface area (Å²) < 4.78 is 5.37. The summed E-state index contributed by atoms with van der Waals surface area (Å²) in [6, 6.07) is 11.3. The van der Waals surface area contributed by atoms with Crippen molar-refractivity contribution in [3.63, 3.8) is 0 Å². The maximum absolute atomic E-state index is 5.37. The Bertz CT molecular complexity index is 550. The van der Waals surface area contributed by atoms with E-state index in [4.69, 9.17) is 4.74 Å². The van der Waals surface area contributed by atoms with Gasteiger partial charge < -0.3 is 10.1 Å². The van der Waals surface area contributed by atoms with Crippen LogP contribution in [0.5, 0.6) is 5.75 Å². The Labute approximate surface area is 124 Å². The molecule has 0 fully saturated rings. The molecule has 0 spiro atoms. The van der Waals surface area contributed by atoms with Crippen LogP contribution in [0.2, 0.25) is 0 Å². The lowest BCUT2D eigenvalue weighted by Crippen LogP contribution is -2.27. The van der Waals surface area contributed by atoms with Crippen molar-refractivity contribution in [3.8, 4) is 5.75 Å². The fraction of sp³-hybridized carbons (Fsp3) is 0.412. The molecule has 0 saturated carbocycles. The van der Waals surface area contributed by atoms with Crippen LogP contribution in [0, 0.1) is 0 Å². The van der Waals surface area contributed by atoms with Crippen LogP contribution in [0.3, 0.4) is 0 Å². The predicted molar refractivity (Wildman–Crippen MR) is 84.7 cm³/mol. The molecule has 1 unspecified atom stereocenters. The minimum Gasteiger partial charge on any atom is -0.497 e. The van der Waals surface area contributed by atoms with Gasteiger partial charge in [-0.2, -0.15) is 0 Å². The Kier molecular flexibility index (Phi) is 4.38. The number of thiophene rings is 1. The summed E-state index contributed by atoms with van der Waals surface area (Å²) in [5, 5.41) is 5.87. The normalized spacial score (nSPS) is 17.8. The van der Waals surface area contributed by atoms with Gasteiger partial charge in [-0.1, -0.05) is 12.1 Å². The van der Waals surface area contributed by atoms with E-state index >= 15 is 0 Å². The molecule has 1 N–H and O–H groups in total. The molecule has 0 saturated heterocycles. The minimum atomic E-state index is 0.480. The van der Waals surface area contributed by atoms with Gasteiger partial charge in [0.2, 0.25) is 0 Å². The van der Waals surface area contributed by atoms with Crippen LogP contribution >= 0.6 is 11.3 Å². The van der Waals surface area contributed by atoms with Gasteiger partial charge in [-0.05, 0) is 60.4 Å². The number of aryl methyl sites for hydroxylation is 1. The SMILES string of the molecule is COc1ccc2c(c1)C(NCCc1cccs1)CCC2. The van der Waals surface area contributed by atoms with E-state index in [0.717, 1.165) is 18.7 Å². The molecule has 1 aromatic heterocycles. The summed E-state index contributed by atoms with van der Waals surface area (Å²) in [5.41, 5.74) is 2.91. The highest BCUT2D eigenvalue weighted by Crippen LogP contribution is 2.32. The molecule has 3 rings (SSSR count). The van der Waals surface area contributed by atoms with Gasteiger partial charge in [0, 0.05) is 17.5 Å². The highest BCUT2D eigenvalue weighted by molar-refractivity contribution is 7.09. The zero-order chi connectivity index (χ0) is 13.8. The summed E-state index contributed by atoms with van der Waals surface area (Å²) in [6.07, 6.45) is 4.82. The molecule has 2 aromatic rings. The Morgan fingerprint density at radius 1 is 1.35 bits per heavy atom. The number of rotatable bonds is 5. The fourth-order valence-corrected chi connectivity index (χ4v) is 3.65. The van der Waals surface area contributed by atoms with Crippen molar-refractivity contribution < 1.29 is 4.74 Å². The number of benzene rings is 1. The van der Waals surface area contributed by atoms with Gasteiger partial charge in [-0.25, -0.2) is 0 Å². The van der Waals surface area contributed by atoms with Gasteiger partial charge in [0.15, 0.2) is 0 Å². The van der Waals surface area contributed by atoms with Crippen LogP contribution < -0.4 is 10.1 Å². The average molecular weight is 287 g/mol. The second-order valence-electron chi connectivity index (χ2n) is 5.29. The van der Waals surface area contributed by atoms with Crippen LogP contribution in [0.15, 0.2) is 35.7 Å². The number of nitrogens with one attached hydrogen (secondary N) is 1. The average Bonchev–Trinajstić information content (AvgIpc) is 3.00. The van der Waals surface area contributed by atoms with Crippen molar-refractivity contribution in [2.24, 2.45) is 0 Å². The summed E-state index contributed by atoms with van der Waals surface area (Å²) in [4.78, 5) is 1.46. The van der Waals surface area contributed by atoms with E-state index in [1.807, 2.05) is 11.3 Å². The van der Waals surface area contributed by atoms with Crippen LogP contribution in [0.4, 0.5) is 0 Å². The second-order valence-corrected chi connectivity index (χ2v) is 6.33. The van der Waals surface area contributed by atoms with Crippen molar-refractivity contribution in [2.45, 2.75) is 31.7 Å². The predicted octanol–water partition coefficient (Wildman–Crippen LogP) is 3.97. The van der Waals surface area contributed by atoms with Crippen molar-refractivity contribution in [1.29, 1.82) is 0 Å². The number of hydrogen-bond acceptors (Lipinski definition) is 3. The first-order valence-corrected chi connectivity index (χ1v) is 8.17. The Balaban J connectivity index is 1.66. The molecule has 106 valence electrons. The van der Waals surface area contributed by atoms with Crippen LogP contribution in [0.1, 0.15) is 34.9 Å². The van der Waals surface area contributed by atoms with Gasteiger partial charge in [-0.15, -0.1) is 11.3 Å². The van der Waals surface area contributed by atoms with Gasteiger partial charge in [0.1, 0.15) is 5.75 Å². The quantitative estimate of drug-likeness (QED) is 0.898. The monoisotopic (exact) mass is 287 g/mol. The molecule has 1 heterocycles. The molecule has 3 heteroatoms. The third kappa shape index (κ3) is 3.05. The summed E-state index contributed by atoms with van der Waals surface area (Å²) in [7, 11) is 1.74. The summed E-state index contributed by atoms with van der Waals surface area (Å²) in [5.74, 6) is 0.968. The van der Waals surface area contributed by atoms with Gasteiger partial charge in [-0.3, -0.25) is 0 Å².